The second-order valence-electron chi connectivity index (χ2n) is 2.89. The summed E-state index contributed by atoms with van der Waals surface area (Å²) in [6.45, 7) is 6.83. The lowest BCUT2D eigenvalue weighted by Crippen LogP contribution is -1.85. The average molecular weight is 148 g/mol. The molecule has 0 aromatic rings. The van der Waals surface area contributed by atoms with Gasteiger partial charge in [-0.05, 0) is 5.92 Å². The Morgan fingerprint density at radius 1 is 1.10 bits per heavy atom. The summed E-state index contributed by atoms with van der Waals surface area (Å²) in [5, 5.41) is 0. The minimum absolute atomic E-state index is 0.500. The topological polar surface area (TPSA) is 0 Å². The zero-order valence-electron chi connectivity index (χ0n) is 7.78. The second kappa shape index (κ2) is 11.7. The predicted molar refractivity (Wildman–Crippen MR) is 46.0 cm³/mol. The molecule has 0 saturated heterocycles. The van der Waals surface area contributed by atoms with Crippen LogP contribution in [0.1, 0.15) is 46.5 Å². The lowest BCUT2D eigenvalue weighted by atomic mass is 10.1. The van der Waals surface area contributed by atoms with Gasteiger partial charge in [0.05, 0.1) is 7.18 Å². The molecule has 0 aromatic heterocycles. The van der Waals surface area contributed by atoms with E-state index >= 15 is 0 Å². The van der Waals surface area contributed by atoms with Crippen LogP contribution in [0.5, 0.6) is 0 Å². The molecule has 0 aliphatic rings. The molecule has 0 heterocycles. The Kier molecular flexibility index (Phi) is 14.7. The van der Waals surface area contributed by atoms with E-state index < -0.39 is 0 Å². The van der Waals surface area contributed by atoms with Crippen LogP contribution >= 0.6 is 0 Å². The molecule has 0 spiro atoms. The molecule has 0 nitrogen and oxygen atoms in total. The van der Waals surface area contributed by atoms with Crippen LogP contribution in [0.2, 0.25) is 0 Å². The quantitative estimate of drug-likeness (QED) is 0.532. The van der Waals surface area contributed by atoms with Crippen molar-refractivity contribution in [1.29, 1.82) is 0 Å². The van der Waals surface area contributed by atoms with E-state index in [0.717, 1.165) is 5.92 Å². The number of hydrogen-bond acceptors (Lipinski definition) is 0. The van der Waals surface area contributed by atoms with E-state index in [1.54, 1.807) is 0 Å². The smallest absolute Gasteiger partial charge is 0.0785 e. The van der Waals surface area contributed by atoms with Gasteiger partial charge in [-0.15, -0.1) is 0 Å². The van der Waals surface area contributed by atoms with Crippen molar-refractivity contribution in [2.75, 3.05) is 7.18 Å². The molecule has 10 heavy (non-hydrogen) atoms. The van der Waals surface area contributed by atoms with Crippen molar-refractivity contribution in [3.63, 3.8) is 0 Å². The van der Waals surface area contributed by atoms with E-state index in [4.69, 9.17) is 0 Å². The molecule has 64 valence electrons. The highest BCUT2D eigenvalue weighted by Crippen LogP contribution is 2.06. The van der Waals surface area contributed by atoms with Crippen molar-refractivity contribution < 1.29 is 4.39 Å². The summed E-state index contributed by atoms with van der Waals surface area (Å²) >= 11 is 0. The average Bonchev–Trinajstić information content (AvgIpc) is 1.92. The predicted octanol–water partition coefficient (Wildman–Crippen LogP) is 3.81. The van der Waals surface area contributed by atoms with Gasteiger partial charge in [-0.1, -0.05) is 46.5 Å². The Bertz CT molecular complexity index is 42.0. The minimum Gasteiger partial charge on any atom is -0.255 e. The summed E-state index contributed by atoms with van der Waals surface area (Å²) in [7, 11) is 0.500. The number of unbranched alkanes of at least 4 members (excludes halogenated alkanes) is 2. The second-order valence-corrected chi connectivity index (χ2v) is 2.89. The van der Waals surface area contributed by atoms with E-state index in [2.05, 4.69) is 20.8 Å². The molecule has 0 fully saturated rings. The molecule has 1 heteroatoms. The molecule has 0 radical (unpaired) electrons. The van der Waals surface area contributed by atoms with E-state index in [1.165, 1.54) is 25.7 Å². The van der Waals surface area contributed by atoms with Crippen molar-refractivity contribution in [3.8, 4) is 0 Å². The van der Waals surface area contributed by atoms with Gasteiger partial charge in [0.15, 0.2) is 0 Å². The van der Waals surface area contributed by atoms with Crippen LogP contribution in [0.4, 0.5) is 4.39 Å². The van der Waals surface area contributed by atoms with Crippen LogP contribution in [0, 0.1) is 5.92 Å². The van der Waals surface area contributed by atoms with Crippen LogP contribution in [0.3, 0.4) is 0 Å². The van der Waals surface area contributed by atoms with Gasteiger partial charge in [-0.25, -0.2) is 0 Å². The first-order valence-electron chi connectivity index (χ1n) is 4.15. The van der Waals surface area contributed by atoms with E-state index in [0.29, 0.717) is 7.18 Å². The lowest BCUT2D eigenvalue weighted by molar-refractivity contribution is 0.534. The fourth-order valence-electron chi connectivity index (χ4n) is 0.803. The normalized spacial score (nSPS) is 9.00. The summed E-state index contributed by atoms with van der Waals surface area (Å²) in [6, 6.07) is 0. The summed E-state index contributed by atoms with van der Waals surface area (Å²) in [5.41, 5.74) is 0. The molecular weight excluding hydrogens is 127 g/mol. The van der Waals surface area contributed by atoms with Crippen molar-refractivity contribution in [3.05, 3.63) is 0 Å². The SMILES string of the molecule is CCCCCC(C)C.CF. The van der Waals surface area contributed by atoms with Gasteiger partial charge in [-0.2, -0.15) is 0 Å². The summed E-state index contributed by atoms with van der Waals surface area (Å²) < 4.78 is 9.50. The summed E-state index contributed by atoms with van der Waals surface area (Å²) in [6.07, 6.45) is 5.60. The molecule has 0 aromatic carbocycles. The third-order valence-corrected chi connectivity index (χ3v) is 1.39. The van der Waals surface area contributed by atoms with Crippen molar-refractivity contribution >= 4 is 0 Å². The van der Waals surface area contributed by atoms with Gasteiger partial charge in [0.25, 0.3) is 0 Å². The minimum atomic E-state index is 0.500. The highest BCUT2D eigenvalue weighted by atomic mass is 19.1. The number of halogens is 1. The highest BCUT2D eigenvalue weighted by Gasteiger charge is 1.90. The maximum atomic E-state index is 9.50. The molecule has 0 saturated carbocycles. The number of hydrogen-bond donors (Lipinski definition) is 0. The lowest BCUT2D eigenvalue weighted by Gasteiger charge is -2.00. The molecule has 0 aliphatic carbocycles. The Morgan fingerprint density at radius 2 is 1.60 bits per heavy atom. The fourth-order valence-corrected chi connectivity index (χ4v) is 0.803. The van der Waals surface area contributed by atoms with Crippen LogP contribution in [-0.4, -0.2) is 7.18 Å². The largest absolute Gasteiger partial charge is 0.255 e. The molecule has 0 aliphatic heterocycles. The molecule has 0 N–H and O–H groups in total. The zero-order chi connectivity index (χ0) is 8.41. The molecule has 0 atom stereocenters. The van der Waals surface area contributed by atoms with Gasteiger partial charge < -0.3 is 0 Å². The van der Waals surface area contributed by atoms with Crippen LogP contribution in [0.25, 0.3) is 0 Å². The van der Waals surface area contributed by atoms with Crippen LogP contribution < -0.4 is 0 Å². The molecule has 0 bridgehead atoms. The molecular formula is C9H21F. The van der Waals surface area contributed by atoms with Crippen molar-refractivity contribution in [2.24, 2.45) is 5.92 Å². The number of alkyl halides is 1. The Balaban J connectivity index is 0. The van der Waals surface area contributed by atoms with Crippen molar-refractivity contribution in [1.82, 2.24) is 0 Å². The Morgan fingerprint density at radius 3 is 1.90 bits per heavy atom. The monoisotopic (exact) mass is 148 g/mol. The maximum absolute atomic E-state index is 9.50. The van der Waals surface area contributed by atoms with E-state index in [9.17, 15) is 4.39 Å². The zero-order valence-corrected chi connectivity index (χ0v) is 7.78. The first kappa shape index (κ1) is 12.6. The fraction of sp³-hybridized carbons (Fsp3) is 1.00. The first-order chi connectivity index (χ1) is 4.77. The maximum Gasteiger partial charge on any atom is 0.0785 e. The van der Waals surface area contributed by atoms with Gasteiger partial charge in [-0.3, -0.25) is 4.39 Å². The summed E-state index contributed by atoms with van der Waals surface area (Å²) in [4.78, 5) is 0. The molecule has 0 amide bonds. The number of rotatable bonds is 4. The first-order valence-corrected chi connectivity index (χ1v) is 4.15. The third-order valence-electron chi connectivity index (χ3n) is 1.39. The van der Waals surface area contributed by atoms with Gasteiger partial charge in [0.1, 0.15) is 0 Å². The summed E-state index contributed by atoms with van der Waals surface area (Å²) in [5.74, 6) is 0.904. The van der Waals surface area contributed by atoms with Gasteiger partial charge in [0.2, 0.25) is 0 Å². The third kappa shape index (κ3) is 15.7. The van der Waals surface area contributed by atoms with Crippen LogP contribution in [0.15, 0.2) is 0 Å². The van der Waals surface area contributed by atoms with Crippen molar-refractivity contribution in [2.45, 2.75) is 46.5 Å². The van der Waals surface area contributed by atoms with E-state index in [-0.39, 0.29) is 0 Å². The highest BCUT2D eigenvalue weighted by molar-refractivity contribution is 4.44. The van der Waals surface area contributed by atoms with Gasteiger partial charge >= 0.3 is 0 Å². The standard InChI is InChI=1S/C8H18.CH3F/c1-4-5-6-7-8(2)3;1-2/h8H,4-7H2,1-3H3;1H3. The Hall–Kier alpha value is -0.0700. The van der Waals surface area contributed by atoms with Gasteiger partial charge in [0, 0.05) is 0 Å². The molecule has 0 rings (SSSR count). The van der Waals surface area contributed by atoms with Crippen LogP contribution in [-0.2, 0) is 0 Å². The Labute approximate surface area is 64.8 Å². The molecule has 0 unspecified atom stereocenters. The van der Waals surface area contributed by atoms with E-state index in [1.807, 2.05) is 0 Å².